The van der Waals surface area contributed by atoms with Gasteiger partial charge in [0.25, 0.3) is 11.8 Å². The van der Waals surface area contributed by atoms with Crippen LogP contribution in [0.3, 0.4) is 0 Å². The summed E-state index contributed by atoms with van der Waals surface area (Å²) >= 11 is 11.6. The van der Waals surface area contributed by atoms with Crippen LogP contribution in [0.5, 0.6) is 11.5 Å². The Balaban J connectivity index is 0.849. The van der Waals surface area contributed by atoms with Gasteiger partial charge in [-0.05, 0) is 61.1 Å². The van der Waals surface area contributed by atoms with E-state index in [-0.39, 0.29) is 68.9 Å². The lowest BCUT2D eigenvalue weighted by Crippen LogP contribution is -2.38. The quantitative estimate of drug-likeness (QED) is 0.0175. The van der Waals surface area contributed by atoms with Gasteiger partial charge in [0.2, 0.25) is 0 Å². The molecule has 0 aliphatic heterocycles. The second kappa shape index (κ2) is 36.3. The Morgan fingerprint density at radius 1 is 0.449 bits per heavy atom. The predicted molar refractivity (Wildman–Crippen MR) is 295 cm³/mol. The van der Waals surface area contributed by atoms with Crippen LogP contribution in [0.25, 0.3) is 0 Å². The fourth-order valence-electron chi connectivity index (χ4n) is 6.45. The van der Waals surface area contributed by atoms with E-state index >= 15 is 0 Å². The number of aromatic nitrogens is 4. The summed E-state index contributed by atoms with van der Waals surface area (Å²) in [5, 5.41) is 15.7. The Bertz CT molecular complexity index is 2380. The number of benzene rings is 2. The molecule has 0 unspecified atom stereocenters. The molecule has 4 aromatic rings. The molecule has 6 amide bonds. The molecule has 0 fully saturated rings. The third-order valence-electron chi connectivity index (χ3n) is 10.4. The fourth-order valence-corrected chi connectivity index (χ4v) is 6.70. The molecular formula is C48H70Cl2N18O10. The van der Waals surface area contributed by atoms with Gasteiger partial charge in [-0.1, -0.05) is 60.3 Å². The maximum Gasteiger partial charge on any atom is 0.314 e. The first kappa shape index (κ1) is 62.8. The molecule has 0 atom stereocenters. The van der Waals surface area contributed by atoms with Gasteiger partial charge < -0.3 is 84.1 Å². The standard InChI is InChI=1S/C48H70Cl2N18O10/c49-37-41(53)65-39(51)35(63-37)43(69)67-45(55)57-17-13-31-5-9-33(10-6-31)77-29-27-75-25-23-73-21-19-61-47(71)59-15-3-1-2-4-16-60-48(72)62-20-22-74-24-26-76-28-30-78-34-11-7-32(8-12-34)14-18-58-46(56)68-44(70)36-40(52)66-42(54)38(50)64-36/h5-12H,1-4,13-30H2,(H4,51,53,65)(H4,52,54,66)(H2,59,61,71)(H2,60,62,72)(H3,55,57,67,69)(H3,56,58,68,70). The number of ether oxygens (including phenoxy) is 6. The van der Waals surface area contributed by atoms with E-state index in [1.165, 1.54) is 0 Å². The van der Waals surface area contributed by atoms with Crippen LogP contribution in [0, 0.1) is 0 Å². The van der Waals surface area contributed by atoms with Crippen molar-refractivity contribution in [3.05, 3.63) is 81.4 Å². The minimum Gasteiger partial charge on any atom is -0.491 e. The lowest BCUT2D eigenvalue weighted by molar-refractivity contribution is 0.0377. The van der Waals surface area contributed by atoms with Crippen LogP contribution in [0.2, 0.25) is 10.3 Å². The number of anilines is 4. The van der Waals surface area contributed by atoms with Crippen molar-refractivity contribution in [1.82, 2.24) is 51.8 Å². The number of unbranched alkanes of at least 4 members (excludes halogenated alkanes) is 3. The topological polar surface area (TPSA) is 428 Å². The molecule has 2 heterocycles. The number of hydrogen-bond acceptors (Lipinski definition) is 20. The summed E-state index contributed by atoms with van der Waals surface area (Å²) in [6.45, 7) is 6.09. The molecule has 2 aromatic heterocycles. The third kappa shape index (κ3) is 25.9. The molecule has 4 rings (SSSR count). The van der Waals surface area contributed by atoms with Crippen molar-refractivity contribution in [2.75, 3.05) is 128 Å². The van der Waals surface area contributed by atoms with Crippen LogP contribution < -0.4 is 75.8 Å². The van der Waals surface area contributed by atoms with Gasteiger partial charge in [0.05, 0.1) is 52.9 Å². The summed E-state index contributed by atoms with van der Waals surface area (Å²) in [6, 6.07) is 14.4. The van der Waals surface area contributed by atoms with Crippen molar-refractivity contribution >= 4 is 82.3 Å². The number of guanidine groups is 2. The van der Waals surface area contributed by atoms with Gasteiger partial charge in [0.1, 0.15) is 24.7 Å². The van der Waals surface area contributed by atoms with Gasteiger partial charge in [-0.2, -0.15) is 0 Å². The SMILES string of the molecule is NC(=NCCc1ccc(OCCOCCOCCNC(=O)NCCCCCCNC(=O)NCCOCCOCCOc2ccc(CCN=C(N)NC(=O)c3nc(Cl)c(N)nc3N)cc2)cc1)NC(=O)c1nc(Cl)c(N)nc1N. The van der Waals surface area contributed by atoms with E-state index in [9.17, 15) is 19.2 Å². The molecule has 426 valence electrons. The van der Waals surface area contributed by atoms with Gasteiger partial charge in [-0.3, -0.25) is 30.2 Å². The Morgan fingerprint density at radius 3 is 1.18 bits per heavy atom. The summed E-state index contributed by atoms with van der Waals surface area (Å²) < 4.78 is 33.6. The van der Waals surface area contributed by atoms with Crippen molar-refractivity contribution in [1.29, 1.82) is 0 Å². The highest BCUT2D eigenvalue weighted by Crippen LogP contribution is 2.19. The number of nitrogens with one attached hydrogen (secondary N) is 6. The smallest absolute Gasteiger partial charge is 0.314 e. The number of urea groups is 2. The molecule has 0 spiro atoms. The molecule has 18 N–H and O–H groups in total. The van der Waals surface area contributed by atoms with E-state index in [0.717, 1.165) is 36.8 Å². The highest BCUT2D eigenvalue weighted by atomic mass is 35.5. The van der Waals surface area contributed by atoms with Crippen LogP contribution in [0.4, 0.5) is 32.9 Å². The van der Waals surface area contributed by atoms with Crippen molar-refractivity contribution in [2.24, 2.45) is 21.5 Å². The minimum absolute atomic E-state index is 0.0889. The number of rotatable bonds is 35. The average molecular weight is 1130 g/mol. The second-order valence-electron chi connectivity index (χ2n) is 16.4. The number of hydrogen-bond donors (Lipinski definition) is 12. The number of nitrogens with zero attached hydrogens (tertiary/aromatic N) is 6. The summed E-state index contributed by atoms with van der Waals surface area (Å²) in [7, 11) is 0. The van der Waals surface area contributed by atoms with Crippen LogP contribution in [-0.2, 0) is 31.8 Å². The largest absolute Gasteiger partial charge is 0.491 e. The lowest BCUT2D eigenvalue weighted by Gasteiger charge is -2.10. The monoisotopic (exact) mass is 1130 g/mol. The molecule has 78 heavy (non-hydrogen) atoms. The summed E-state index contributed by atoms with van der Waals surface area (Å²) in [4.78, 5) is 72.3. The minimum atomic E-state index is -0.710. The molecule has 2 aromatic carbocycles. The van der Waals surface area contributed by atoms with Crippen molar-refractivity contribution in [3.8, 4) is 11.5 Å². The van der Waals surface area contributed by atoms with E-state index in [1.54, 1.807) is 0 Å². The van der Waals surface area contributed by atoms with Crippen molar-refractivity contribution in [3.63, 3.8) is 0 Å². The predicted octanol–water partition coefficient (Wildman–Crippen LogP) is 1.16. The van der Waals surface area contributed by atoms with E-state index in [4.69, 9.17) is 86.0 Å². The number of halogens is 2. The van der Waals surface area contributed by atoms with Crippen molar-refractivity contribution < 1.29 is 47.6 Å². The highest BCUT2D eigenvalue weighted by Gasteiger charge is 2.18. The van der Waals surface area contributed by atoms with Crippen LogP contribution in [0.1, 0.15) is 57.8 Å². The van der Waals surface area contributed by atoms with Gasteiger partial charge in [0.15, 0.2) is 56.9 Å². The van der Waals surface area contributed by atoms with Crippen LogP contribution >= 0.6 is 23.2 Å². The maximum absolute atomic E-state index is 12.4. The Hall–Kier alpha value is -7.76. The first-order chi connectivity index (χ1) is 37.7. The van der Waals surface area contributed by atoms with Gasteiger partial charge in [-0.25, -0.2) is 29.5 Å². The van der Waals surface area contributed by atoms with Crippen LogP contribution in [-0.4, -0.2) is 161 Å². The number of carbonyl (C=O) groups is 4. The molecule has 0 saturated heterocycles. The van der Waals surface area contributed by atoms with E-state index in [0.29, 0.717) is 130 Å². The molecule has 30 heteroatoms. The van der Waals surface area contributed by atoms with E-state index < -0.39 is 11.8 Å². The van der Waals surface area contributed by atoms with Crippen molar-refractivity contribution in [2.45, 2.75) is 38.5 Å². The zero-order valence-electron chi connectivity index (χ0n) is 43.2. The van der Waals surface area contributed by atoms with Gasteiger partial charge in [0, 0.05) is 39.3 Å². The summed E-state index contributed by atoms with van der Waals surface area (Å²) in [5.74, 6) is -0.821. The molecular weight excluding hydrogens is 1060 g/mol. The fraction of sp³-hybridized carbons (Fsp3) is 0.458. The Kier molecular flexibility index (Phi) is 29.2. The van der Waals surface area contributed by atoms with E-state index in [2.05, 4.69) is 61.8 Å². The number of aliphatic imine (C=N–C) groups is 2. The first-order valence-electron chi connectivity index (χ1n) is 24.9. The van der Waals surface area contributed by atoms with Crippen LogP contribution in [0.15, 0.2) is 58.5 Å². The van der Waals surface area contributed by atoms with Gasteiger partial charge >= 0.3 is 12.1 Å². The molecule has 0 aliphatic carbocycles. The zero-order valence-corrected chi connectivity index (χ0v) is 44.7. The normalized spacial score (nSPS) is 11.4. The molecule has 28 nitrogen and oxygen atoms in total. The highest BCUT2D eigenvalue weighted by molar-refractivity contribution is 6.32. The molecule has 0 aliphatic rings. The zero-order chi connectivity index (χ0) is 56.3. The second-order valence-corrected chi connectivity index (χ2v) is 17.1. The summed E-state index contributed by atoms with van der Waals surface area (Å²) in [5.41, 5.74) is 35.7. The maximum atomic E-state index is 12.4. The molecule has 0 radical (unpaired) electrons. The average Bonchev–Trinajstić information content (AvgIpc) is 3.41. The molecule has 0 saturated carbocycles. The van der Waals surface area contributed by atoms with E-state index in [1.807, 2.05) is 48.5 Å². The Morgan fingerprint density at radius 2 is 0.795 bits per heavy atom. The van der Waals surface area contributed by atoms with Gasteiger partial charge in [-0.15, -0.1) is 0 Å². The number of amides is 6. The number of nitrogens with two attached hydrogens (primary N) is 6. The number of nitrogen functional groups attached to an aromatic ring is 4. The first-order valence-corrected chi connectivity index (χ1v) is 25.6. The number of carbonyl (C=O) groups excluding carboxylic acids is 4. The third-order valence-corrected chi connectivity index (χ3v) is 11.0. The lowest BCUT2D eigenvalue weighted by atomic mass is 10.1. The Labute approximate surface area is 461 Å². The summed E-state index contributed by atoms with van der Waals surface area (Å²) in [6.07, 6.45) is 4.58. The molecule has 0 bridgehead atoms.